The lowest BCUT2D eigenvalue weighted by molar-refractivity contribution is -0.131. The van der Waals surface area contributed by atoms with Gasteiger partial charge in [-0.15, -0.1) is 0 Å². The average molecular weight is 390 g/mol. The van der Waals surface area contributed by atoms with Crippen LogP contribution in [0.3, 0.4) is 0 Å². The monoisotopic (exact) mass is 389 g/mol. The van der Waals surface area contributed by atoms with Crippen LogP contribution in [0.25, 0.3) is 6.08 Å². The van der Waals surface area contributed by atoms with E-state index in [1.165, 1.54) is 6.08 Å². The summed E-state index contributed by atoms with van der Waals surface area (Å²) in [5.74, 6) is -0.922. The van der Waals surface area contributed by atoms with Gasteiger partial charge in [0.15, 0.2) is 6.61 Å². The first kappa shape index (κ1) is 17.7. The third-order valence-corrected chi connectivity index (χ3v) is 3.65. The Bertz CT molecular complexity index is 786. The van der Waals surface area contributed by atoms with Crippen LogP contribution in [0.2, 0.25) is 0 Å². The molecule has 124 valence electrons. The summed E-state index contributed by atoms with van der Waals surface area (Å²) in [6, 6.07) is 12.6. The lowest BCUT2D eigenvalue weighted by Crippen LogP contribution is -2.20. The molecule has 0 bridgehead atoms. The highest BCUT2D eigenvalue weighted by atomic mass is 79.9. The molecule has 0 heterocycles. The predicted octanol–water partition coefficient (Wildman–Crippen LogP) is 3.87. The molecule has 0 fully saturated rings. The zero-order valence-corrected chi connectivity index (χ0v) is 14.5. The Kier molecular flexibility index (Phi) is 6.14. The molecule has 0 aliphatic carbocycles. The number of carbonyl (C=O) groups excluding carboxylic acids is 1. The number of carbonyl (C=O) groups is 2. The second kappa shape index (κ2) is 8.31. The standard InChI is InChI=1S/C18H16BrNO4/c1-12-4-2-3-5-15(12)20-17(21)11-24-16-8-7-14(19)10-13(16)6-9-18(22)23/h2-10H,11H2,1H3,(H,20,21)(H,22,23)/b9-6+. The fourth-order valence-electron chi connectivity index (χ4n) is 1.98. The van der Waals surface area contributed by atoms with Crippen molar-refractivity contribution in [2.45, 2.75) is 6.92 Å². The number of para-hydroxylation sites is 1. The zero-order valence-electron chi connectivity index (χ0n) is 13.0. The molecule has 0 saturated carbocycles. The molecule has 2 rings (SSSR count). The van der Waals surface area contributed by atoms with Gasteiger partial charge in [-0.2, -0.15) is 0 Å². The molecule has 0 aliphatic heterocycles. The molecule has 2 aromatic carbocycles. The fraction of sp³-hybridized carbons (Fsp3) is 0.111. The highest BCUT2D eigenvalue weighted by molar-refractivity contribution is 9.10. The molecule has 0 saturated heterocycles. The molecular weight excluding hydrogens is 374 g/mol. The molecule has 0 aromatic heterocycles. The van der Waals surface area contributed by atoms with Crippen molar-refractivity contribution in [3.05, 3.63) is 64.1 Å². The molecule has 0 atom stereocenters. The van der Waals surface area contributed by atoms with Gasteiger partial charge >= 0.3 is 5.97 Å². The number of carboxylic acid groups (broad SMARTS) is 1. The van der Waals surface area contributed by atoms with Crippen LogP contribution in [0.5, 0.6) is 5.75 Å². The first-order valence-corrected chi connectivity index (χ1v) is 7.94. The summed E-state index contributed by atoms with van der Waals surface area (Å²) in [6.07, 6.45) is 2.43. The van der Waals surface area contributed by atoms with Crippen molar-refractivity contribution in [2.75, 3.05) is 11.9 Å². The number of ether oxygens (including phenoxy) is 1. The summed E-state index contributed by atoms with van der Waals surface area (Å²) < 4.78 is 6.30. The smallest absolute Gasteiger partial charge is 0.328 e. The van der Waals surface area contributed by atoms with Crippen molar-refractivity contribution in [1.82, 2.24) is 0 Å². The molecular formula is C18H16BrNO4. The Morgan fingerprint density at radius 2 is 2.00 bits per heavy atom. The minimum Gasteiger partial charge on any atom is -0.483 e. The molecule has 0 spiro atoms. The van der Waals surface area contributed by atoms with Crippen LogP contribution in [0.15, 0.2) is 53.0 Å². The SMILES string of the molecule is Cc1ccccc1NC(=O)COc1ccc(Br)cc1/C=C/C(=O)O. The van der Waals surface area contributed by atoms with Crippen molar-refractivity contribution in [3.63, 3.8) is 0 Å². The Morgan fingerprint density at radius 3 is 2.71 bits per heavy atom. The number of rotatable bonds is 6. The van der Waals surface area contributed by atoms with Crippen LogP contribution < -0.4 is 10.1 Å². The minimum absolute atomic E-state index is 0.177. The van der Waals surface area contributed by atoms with Gasteiger partial charge in [0.05, 0.1) is 0 Å². The van der Waals surface area contributed by atoms with E-state index in [1.807, 2.05) is 31.2 Å². The maximum Gasteiger partial charge on any atom is 0.328 e. The first-order chi connectivity index (χ1) is 11.5. The number of hydrogen-bond donors (Lipinski definition) is 2. The molecule has 0 radical (unpaired) electrons. The van der Waals surface area contributed by atoms with Crippen LogP contribution in [-0.4, -0.2) is 23.6 Å². The summed E-state index contributed by atoms with van der Waals surface area (Å²) in [6.45, 7) is 1.73. The number of hydrogen-bond acceptors (Lipinski definition) is 3. The van der Waals surface area contributed by atoms with Crippen LogP contribution in [0.4, 0.5) is 5.69 Å². The van der Waals surface area contributed by atoms with E-state index in [0.717, 1.165) is 21.8 Å². The number of nitrogens with one attached hydrogen (secondary N) is 1. The molecule has 0 unspecified atom stereocenters. The summed E-state index contributed by atoms with van der Waals surface area (Å²) in [4.78, 5) is 22.7. The summed E-state index contributed by atoms with van der Waals surface area (Å²) in [5, 5.41) is 11.5. The quantitative estimate of drug-likeness (QED) is 0.735. The molecule has 0 aliphatic rings. The van der Waals surface area contributed by atoms with Crippen molar-refractivity contribution in [3.8, 4) is 5.75 Å². The van der Waals surface area contributed by atoms with E-state index >= 15 is 0 Å². The summed E-state index contributed by atoms with van der Waals surface area (Å²) in [5.41, 5.74) is 2.25. The lowest BCUT2D eigenvalue weighted by atomic mass is 10.2. The third kappa shape index (κ3) is 5.24. The van der Waals surface area contributed by atoms with Gasteiger partial charge in [-0.3, -0.25) is 4.79 Å². The third-order valence-electron chi connectivity index (χ3n) is 3.16. The largest absolute Gasteiger partial charge is 0.483 e. The van der Waals surface area contributed by atoms with Gasteiger partial charge in [0.2, 0.25) is 0 Å². The topological polar surface area (TPSA) is 75.6 Å². The van der Waals surface area contributed by atoms with Crippen LogP contribution in [0, 0.1) is 6.92 Å². The van der Waals surface area contributed by atoms with Crippen LogP contribution in [0.1, 0.15) is 11.1 Å². The zero-order chi connectivity index (χ0) is 17.5. The summed E-state index contributed by atoms with van der Waals surface area (Å²) in [7, 11) is 0. The van der Waals surface area contributed by atoms with Crippen molar-refractivity contribution in [1.29, 1.82) is 0 Å². The Morgan fingerprint density at radius 1 is 1.25 bits per heavy atom. The van der Waals surface area contributed by atoms with Crippen molar-refractivity contribution < 1.29 is 19.4 Å². The number of aliphatic carboxylic acids is 1. The van der Waals surface area contributed by atoms with Crippen molar-refractivity contribution in [2.24, 2.45) is 0 Å². The first-order valence-electron chi connectivity index (χ1n) is 7.14. The number of anilines is 1. The fourth-order valence-corrected chi connectivity index (χ4v) is 2.36. The Hall–Kier alpha value is -2.60. The molecule has 2 aromatic rings. The average Bonchev–Trinajstić information content (AvgIpc) is 2.54. The molecule has 2 N–H and O–H groups in total. The number of benzene rings is 2. The van der Waals surface area contributed by atoms with E-state index in [9.17, 15) is 9.59 Å². The van der Waals surface area contributed by atoms with Crippen molar-refractivity contribution >= 4 is 39.6 Å². The van der Waals surface area contributed by atoms with Crippen LogP contribution >= 0.6 is 15.9 Å². The number of halogens is 1. The van der Waals surface area contributed by atoms with Gasteiger partial charge in [-0.1, -0.05) is 34.1 Å². The normalized spacial score (nSPS) is 10.6. The van der Waals surface area contributed by atoms with Gasteiger partial charge in [-0.05, 0) is 42.8 Å². The second-order valence-corrected chi connectivity index (χ2v) is 5.92. The van der Waals surface area contributed by atoms with Gasteiger partial charge < -0.3 is 15.2 Å². The van der Waals surface area contributed by atoms with E-state index in [2.05, 4.69) is 21.2 Å². The summed E-state index contributed by atoms with van der Waals surface area (Å²) >= 11 is 3.32. The lowest BCUT2D eigenvalue weighted by Gasteiger charge is -2.11. The second-order valence-electron chi connectivity index (χ2n) is 5.01. The Labute approximate surface area is 148 Å². The highest BCUT2D eigenvalue weighted by Crippen LogP contribution is 2.24. The molecule has 5 nitrogen and oxygen atoms in total. The van der Waals surface area contributed by atoms with Gasteiger partial charge in [0.1, 0.15) is 5.75 Å². The predicted molar refractivity (Wildman–Crippen MR) is 96.1 cm³/mol. The Balaban J connectivity index is 2.04. The highest BCUT2D eigenvalue weighted by Gasteiger charge is 2.08. The van der Waals surface area contributed by atoms with E-state index < -0.39 is 5.97 Å². The number of carboxylic acids is 1. The van der Waals surface area contributed by atoms with E-state index in [4.69, 9.17) is 9.84 Å². The molecule has 6 heteroatoms. The van der Waals surface area contributed by atoms with Gasteiger partial charge in [0.25, 0.3) is 5.91 Å². The maximum absolute atomic E-state index is 12.0. The number of aryl methyl sites for hydroxylation is 1. The number of amides is 1. The van der Waals surface area contributed by atoms with E-state index in [1.54, 1.807) is 18.2 Å². The van der Waals surface area contributed by atoms with Crippen LogP contribution in [-0.2, 0) is 9.59 Å². The molecule has 1 amide bonds. The maximum atomic E-state index is 12.0. The van der Waals surface area contributed by atoms with Gasteiger partial charge in [-0.25, -0.2) is 4.79 Å². The molecule has 24 heavy (non-hydrogen) atoms. The minimum atomic E-state index is -1.06. The van der Waals surface area contributed by atoms with E-state index in [-0.39, 0.29) is 12.5 Å². The van der Waals surface area contributed by atoms with Gasteiger partial charge in [0, 0.05) is 21.8 Å². The van der Waals surface area contributed by atoms with E-state index in [0.29, 0.717) is 11.3 Å².